The van der Waals surface area contributed by atoms with E-state index in [1.165, 1.54) is 29.0 Å². The highest BCUT2D eigenvalue weighted by molar-refractivity contribution is 5.77. The number of hydrogen-bond donors (Lipinski definition) is 0. The topological polar surface area (TPSA) is 64.4 Å². The lowest BCUT2D eigenvalue weighted by atomic mass is 9.95. The molecular weight excluding hydrogens is 258 g/mol. The van der Waals surface area contributed by atoms with Crippen LogP contribution in [0.1, 0.15) is 33.3 Å². The van der Waals surface area contributed by atoms with Gasteiger partial charge in [0.2, 0.25) is 0 Å². The SMILES string of the molecule is C=Cn1cc(C(C)(C=O)N(C)C(=O)OC(C)(C)C)cn1. The molecule has 1 aromatic heterocycles. The van der Waals surface area contributed by atoms with Gasteiger partial charge in [0.05, 0.1) is 6.20 Å². The van der Waals surface area contributed by atoms with Crippen LogP contribution in [0.25, 0.3) is 6.20 Å². The summed E-state index contributed by atoms with van der Waals surface area (Å²) in [4.78, 5) is 24.9. The Morgan fingerprint density at radius 3 is 2.45 bits per heavy atom. The maximum Gasteiger partial charge on any atom is 0.411 e. The molecule has 20 heavy (non-hydrogen) atoms. The second-order valence-corrected chi connectivity index (χ2v) is 5.70. The molecular formula is C14H21N3O3. The fraction of sp³-hybridized carbons (Fsp3) is 0.500. The molecule has 1 amide bonds. The third-order valence-corrected chi connectivity index (χ3v) is 2.97. The van der Waals surface area contributed by atoms with Crippen molar-refractivity contribution in [2.45, 2.75) is 38.8 Å². The summed E-state index contributed by atoms with van der Waals surface area (Å²) in [6, 6.07) is 0. The number of carbonyl (C=O) groups excluding carboxylic acids is 2. The normalized spacial score (nSPS) is 14.2. The minimum Gasteiger partial charge on any atom is -0.444 e. The van der Waals surface area contributed by atoms with E-state index in [4.69, 9.17) is 4.74 Å². The van der Waals surface area contributed by atoms with Crippen molar-refractivity contribution in [3.63, 3.8) is 0 Å². The summed E-state index contributed by atoms with van der Waals surface area (Å²) in [5, 5.41) is 4.03. The van der Waals surface area contributed by atoms with Crippen molar-refractivity contribution in [2.75, 3.05) is 7.05 Å². The van der Waals surface area contributed by atoms with E-state index in [2.05, 4.69) is 11.7 Å². The number of ether oxygens (including phenoxy) is 1. The maximum absolute atomic E-state index is 12.1. The third-order valence-electron chi connectivity index (χ3n) is 2.97. The number of hydrogen-bond acceptors (Lipinski definition) is 4. The Morgan fingerprint density at radius 2 is 2.05 bits per heavy atom. The van der Waals surface area contributed by atoms with E-state index in [1.54, 1.807) is 33.9 Å². The van der Waals surface area contributed by atoms with Crippen molar-refractivity contribution in [3.05, 3.63) is 24.5 Å². The predicted molar refractivity (Wildman–Crippen MR) is 76.0 cm³/mol. The zero-order valence-electron chi connectivity index (χ0n) is 12.6. The summed E-state index contributed by atoms with van der Waals surface area (Å²) < 4.78 is 6.76. The van der Waals surface area contributed by atoms with E-state index in [0.717, 1.165) is 0 Å². The van der Waals surface area contributed by atoms with Crippen LogP contribution < -0.4 is 0 Å². The highest BCUT2D eigenvalue weighted by Gasteiger charge is 2.37. The van der Waals surface area contributed by atoms with Crippen molar-refractivity contribution in [1.29, 1.82) is 0 Å². The molecule has 1 rings (SSSR count). The molecule has 0 N–H and O–H groups in total. The van der Waals surface area contributed by atoms with E-state index >= 15 is 0 Å². The van der Waals surface area contributed by atoms with Crippen LogP contribution in [-0.4, -0.2) is 39.7 Å². The van der Waals surface area contributed by atoms with Gasteiger partial charge in [-0.15, -0.1) is 0 Å². The quantitative estimate of drug-likeness (QED) is 0.793. The number of amides is 1. The molecule has 0 aliphatic rings. The molecule has 0 saturated heterocycles. The fourth-order valence-electron chi connectivity index (χ4n) is 1.56. The van der Waals surface area contributed by atoms with E-state index in [0.29, 0.717) is 11.8 Å². The minimum atomic E-state index is -1.15. The van der Waals surface area contributed by atoms with Gasteiger partial charge >= 0.3 is 6.09 Å². The number of likely N-dealkylation sites (N-methyl/N-ethyl adjacent to an activating group) is 1. The summed E-state index contributed by atoms with van der Waals surface area (Å²) in [5.41, 5.74) is -1.19. The highest BCUT2D eigenvalue weighted by atomic mass is 16.6. The molecule has 0 aromatic carbocycles. The lowest BCUT2D eigenvalue weighted by Gasteiger charge is -2.34. The first-order valence-corrected chi connectivity index (χ1v) is 6.24. The molecule has 6 nitrogen and oxygen atoms in total. The van der Waals surface area contributed by atoms with Crippen molar-refractivity contribution in [2.24, 2.45) is 0 Å². The standard InChI is InChI=1S/C14H21N3O3/c1-7-17-9-11(8-15-17)14(5,10-18)16(6)12(19)20-13(2,3)4/h7-10H,1H2,2-6H3. The van der Waals surface area contributed by atoms with Gasteiger partial charge in [0.15, 0.2) is 0 Å². The van der Waals surface area contributed by atoms with Crippen LogP contribution in [0.4, 0.5) is 4.79 Å². The first-order valence-electron chi connectivity index (χ1n) is 6.24. The molecule has 1 unspecified atom stereocenters. The average Bonchev–Trinajstić information content (AvgIpc) is 2.84. The molecule has 110 valence electrons. The van der Waals surface area contributed by atoms with E-state index < -0.39 is 17.2 Å². The Balaban J connectivity index is 3.06. The van der Waals surface area contributed by atoms with Crippen LogP contribution in [-0.2, 0) is 15.1 Å². The van der Waals surface area contributed by atoms with Crippen LogP contribution in [0.2, 0.25) is 0 Å². The molecule has 0 spiro atoms. The van der Waals surface area contributed by atoms with Gasteiger partial charge in [-0.1, -0.05) is 6.58 Å². The highest BCUT2D eigenvalue weighted by Crippen LogP contribution is 2.26. The number of aromatic nitrogens is 2. The number of rotatable bonds is 4. The van der Waals surface area contributed by atoms with Gasteiger partial charge < -0.3 is 9.53 Å². The number of carbonyl (C=O) groups is 2. The van der Waals surface area contributed by atoms with Crippen LogP contribution in [0.5, 0.6) is 0 Å². The Kier molecular flexibility index (Phi) is 4.37. The monoisotopic (exact) mass is 279 g/mol. The van der Waals surface area contributed by atoms with Crippen LogP contribution in [0, 0.1) is 0 Å². The minimum absolute atomic E-state index is 0.571. The van der Waals surface area contributed by atoms with Crippen molar-refractivity contribution >= 4 is 18.6 Å². The molecule has 0 saturated carbocycles. The molecule has 1 heterocycles. The fourth-order valence-corrected chi connectivity index (χ4v) is 1.56. The predicted octanol–water partition coefficient (Wildman–Crippen LogP) is 2.26. The van der Waals surface area contributed by atoms with Gasteiger partial charge in [0.25, 0.3) is 0 Å². The lowest BCUT2D eigenvalue weighted by Crippen LogP contribution is -2.48. The van der Waals surface area contributed by atoms with E-state index in [9.17, 15) is 9.59 Å². The number of aldehydes is 1. The molecule has 0 aliphatic carbocycles. The molecule has 1 atom stereocenters. The first kappa shape index (κ1) is 15.9. The second-order valence-electron chi connectivity index (χ2n) is 5.70. The van der Waals surface area contributed by atoms with Crippen molar-refractivity contribution in [3.8, 4) is 0 Å². The van der Waals surface area contributed by atoms with Crippen LogP contribution in [0.3, 0.4) is 0 Å². The Bertz CT molecular complexity index is 516. The molecule has 1 aromatic rings. The zero-order valence-corrected chi connectivity index (χ0v) is 12.6. The van der Waals surface area contributed by atoms with Gasteiger partial charge in [-0.2, -0.15) is 5.10 Å². The lowest BCUT2D eigenvalue weighted by molar-refractivity contribution is -0.117. The molecule has 0 aliphatic heterocycles. The maximum atomic E-state index is 12.1. The van der Waals surface area contributed by atoms with E-state index in [-0.39, 0.29) is 0 Å². The van der Waals surface area contributed by atoms with Crippen LogP contribution in [0.15, 0.2) is 19.0 Å². The van der Waals surface area contributed by atoms with Crippen molar-refractivity contribution in [1.82, 2.24) is 14.7 Å². The average molecular weight is 279 g/mol. The Labute approximate surface area is 119 Å². The van der Waals surface area contributed by atoms with Gasteiger partial charge in [0, 0.05) is 25.0 Å². The van der Waals surface area contributed by atoms with Gasteiger partial charge in [-0.3, -0.25) is 4.90 Å². The van der Waals surface area contributed by atoms with Crippen LogP contribution >= 0.6 is 0 Å². The Morgan fingerprint density at radius 1 is 1.45 bits per heavy atom. The molecule has 0 radical (unpaired) electrons. The van der Waals surface area contributed by atoms with Gasteiger partial charge in [-0.25, -0.2) is 9.48 Å². The summed E-state index contributed by atoms with van der Waals surface area (Å²) in [6.45, 7) is 10.5. The molecule has 0 bridgehead atoms. The second kappa shape index (κ2) is 5.48. The first-order chi connectivity index (χ1) is 9.14. The smallest absolute Gasteiger partial charge is 0.411 e. The molecule has 0 fully saturated rings. The van der Waals surface area contributed by atoms with Crippen molar-refractivity contribution < 1.29 is 14.3 Å². The third kappa shape index (κ3) is 3.26. The summed E-state index contributed by atoms with van der Waals surface area (Å²) >= 11 is 0. The zero-order chi connectivity index (χ0) is 15.6. The number of nitrogens with zero attached hydrogens (tertiary/aromatic N) is 3. The molecule has 6 heteroatoms. The summed E-state index contributed by atoms with van der Waals surface area (Å²) in [5.74, 6) is 0. The summed E-state index contributed by atoms with van der Waals surface area (Å²) in [6.07, 6.45) is 4.79. The largest absolute Gasteiger partial charge is 0.444 e. The Hall–Kier alpha value is -2.11. The van der Waals surface area contributed by atoms with E-state index in [1.807, 2.05) is 0 Å². The summed E-state index contributed by atoms with van der Waals surface area (Å²) in [7, 11) is 1.52. The van der Waals surface area contributed by atoms with Gasteiger partial charge in [-0.05, 0) is 27.7 Å². The van der Waals surface area contributed by atoms with Gasteiger partial charge in [0.1, 0.15) is 17.4 Å².